The number of ether oxygens (including phenoxy) is 1. The molecule has 0 fully saturated rings. The Morgan fingerprint density at radius 1 is 1.18 bits per heavy atom. The van der Waals surface area contributed by atoms with Gasteiger partial charge >= 0.3 is 5.97 Å². The first-order valence-corrected chi connectivity index (χ1v) is 12.7. The molecule has 0 aliphatic carbocycles. The third-order valence-corrected chi connectivity index (χ3v) is 6.55. The molecule has 196 valence electrons. The van der Waals surface area contributed by atoms with E-state index in [1.54, 1.807) is 23.3 Å². The van der Waals surface area contributed by atoms with E-state index < -0.39 is 12.0 Å². The summed E-state index contributed by atoms with van der Waals surface area (Å²) in [6.07, 6.45) is 7.72. The number of amides is 1. The molecule has 0 radical (unpaired) electrons. The van der Waals surface area contributed by atoms with Crippen molar-refractivity contribution in [2.45, 2.75) is 45.2 Å². The van der Waals surface area contributed by atoms with Crippen LogP contribution in [0.5, 0.6) is 5.75 Å². The van der Waals surface area contributed by atoms with Gasteiger partial charge in [0.2, 0.25) is 5.91 Å². The maximum Gasteiger partial charge on any atom is 0.305 e. The van der Waals surface area contributed by atoms with Crippen molar-refractivity contribution < 1.29 is 19.4 Å². The smallest absolute Gasteiger partial charge is 0.305 e. The minimum atomic E-state index is -0.947. The van der Waals surface area contributed by atoms with Crippen molar-refractivity contribution in [2.24, 2.45) is 0 Å². The molecule has 4 heterocycles. The van der Waals surface area contributed by atoms with Gasteiger partial charge in [-0.1, -0.05) is 6.07 Å². The maximum absolute atomic E-state index is 11.7. The molecule has 3 N–H and O–H groups in total. The van der Waals surface area contributed by atoms with Crippen LogP contribution in [0.1, 0.15) is 48.2 Å². The Morgan fingerprint density at radius 3 is 2.92 bits per heavy atom. The van der Waals surface area contributed by atoms with Gasteiger partial charge in [-0.15, -0.1) is 0 Å². The predicted molar refractivity (Wildman–Crippen MR) is 142 cm³/mol. The summed E-state index contributed by atoms with van der Waals surface area (Å²) in [4.78, 5) is 32.0. The first-order chi connectivity index (χ1) is 18.5. The van der Waals surface area contributed by atoms with Crippen molar-refractivity contribution in [1.29, 1.82) is 0 Å². The molecule has 4 aromatic rings. The van der Waals surface area contributed by atoms with Crippen LogP contribution in [0.3, 0.4) is 0 Å². The number of aromatic nitrogens is 4. The molecule has 1 amide bonds. The molecule has 1 aromatic carbocycles. The SMILES string of the molecule is CC(=O)NCc1cncc(C(CC(=O)O)n2ncc3cc(OCCc4ccc5c(n4)NCCC5)ccc32)c1. The molecule has 1 aliphatic rings. The minimum absolute atomic E-state index is 0.149. The normalized spacial score (nSPS) is 13.4. The number of hydrogen-bond acceptors (Lipinski definition) is 7. The van der Waals surface area contributed by atoms with Crippen LogP contribution in [-0.4, -0.2) is 49.9 Å². The molecule has 10 nitrogen and oxygen atoms in total. The first kappa shape index (κ1) is 25.2. The van der Waals surface area contributed by atoms with E-state index in [4.69, 9.17) is 9.72 Å². The number of carboxylic acid groups (broad SMARTS) is 1. The summed E-state index contributed by atoms with van der Waals surface area (Å²) in [5.41, 5.74) is 4.52. The highest BCUT2D eigenvalue weighted by Crippen LogP contribution is 2.29. The number of fused-ring (bicyclic) bond motifs is 2. The van der Waals surface area contributed by atoms with E-state index in [1.165, 1.54) is 12.5 Å². The zero-order valence-corrected chi connectivity index (χ0v) is 21.2. The summed E-state index contributed by atoms with van der Waals surface area (Å²) in [7, 11) is 0. The third-order valence-electron chi connectivity index (χ3n) is 6.55. The van der Waals surface area contributed by atoms with Gasteiger partial charge in [-0.3, -0.25) is 19.3 Å². The van der Waals surface area contributed by atoms with Crippen molar-refractivity contribution in [3.05, 3.63) is 77.4 Å². The van der Waals surface area contributed by atoms with Crippen LogP contribution < -0.4 is 15.4 Å². The van der Waals surface area contributed by atoms with Crippen LogP contribution in [0.4, 0.5) is 5.82 Å². The van der Waals surface area contributed by atoms with Crippen molar-refractivity contribution >= 4 is 28.6 Å². The fourth-order valence-electron chi connectivity index (χ4n) is 4.67. The average Bonchev–Trinajstić information content (AvgIpc) is 3.33. The Hall–Kier alpha value is -4.47. The fraction of sp³-hybridized carbons (Fsp3) is 0.321. The van der Waals surface area contributed by atoms with Gasteiger partial charge in [-0.25, -0.2) is 4.98 Å². The largest absolute Gasteiger partial charge is 0.493 e. The van der Waals surface area contributed by atoms with Gasteiger partial charge < -0.3 is 20.5 Å². The van der Waals surface area contributed by atoms with Crippen molar-refractivity contribution in [3.8, 4) is 5.75 Å². The van der Waals surface area contributed by atoms with Gasteiger partial charge in [0.15, 0.2) is 0 Å². The molecule has 0 bridgehead atoms. The minimum Gasteiger partial charge on any atom is -0.493 e. The fourth-order valence-corrected chi connectivity index (χ4v) is 4.67. The number of nitrogens with zero attached hydrogens (tertiary/aromatic N) is 4. The van der Waals surface area contributed by atoms with Crippen molar-refractivity contribution in [2.75, 3.05) is 18.5 Å². The van der Waals surface area contributed by atoms with Crippen LogP contribution in [0.15, 0.2) is 55.0 Å². The second kappa shape index (κ2) is 11.3. The van der Waals surface area contributed by atoms with E-state index in [-0.39, 0.29) is 12.3 Å². The monoisotopic (exact) mass is 514 g/mol. The zero-order chi connectivity index (χ0) is 26.5. The van der Waals surface area contributed by atoms with Gasteiger partial charge in [-0.05, 0) is 59.9 Å². The summed E-state index contributed by atoms with van der Waals surface area (Å²) in [6.45, 7) is 3.20. The second-order valence-corrected chi connectivity index (χ2v) is 9.40. The van der Waals surface area contributed by atoms with Crippen LogP contribution >= 0.6 is 0 Å². The Morgan fingerprint density at radius 2 is 2.08 bits per heavy atom. The van der Waals surface area contributed by atoms with Crippen LogP contribution in [0, 0.1) is 0 Å². The second-order valence-electron chi connectivity index (χ2n) is 9.40. The van der Waals surface area contributed by atoms with Gasteiger partial charge in [0, 0.05) is 49.9 Å². The lowest BCUT2D eigenvalue weighted by molar-refractivity contribution is -0.137. The van der Waals surface area contributed by atoms with Crippen LogP contribution in [0.25, 0.3) is 10.9 Å². The molecule has 0 spiro atoms. The molecule has 3 aromatic heterocycles. The van der Waals surface area contributed by atoms with E-state index >= 15 is 0 Å². The predicted octanol–water partition coefficient (Wildman–Crippen LogP) is 3.51. The zero-order valence-electron chi connectivity index (χ0n) is 21.2. The summed E-state index contributed by atoms with van der Waals surface area (Å²) in [5.74, 6) is 0.595. The van der Waals surface area contributed by atoms with E-state index in [9.17, 15) is 14.7 Å². The summed E-state index contributed by atoms with van der Waals surface area (Å²) in [5, 5.41) is 21.1. The van der Waals surface area contributed by atoms with Crippen LogP contribution in [-0.2, 0) is 29.0 Å². The summed E-state index contributed by atoms with van der Waals surface area (Å²) >= 11 is 0. The maximum atomic E-state index is 11.7. The number of hydrogen-bond donors (Lipinski definition) is 3. The Kier molecular flexibility index (Phi) is 7.48. The molecule has 0 saturated carbocycles. The average molecular weight is 515 g/mol. The highest BCUT2D eigenvalue weighted by molar-refractivity contribution is 5.81. The van der Waals surface area contributed by atoms with Crippen LogP contribution in [0.2, 0.25) is 0 Å². The third kappa shape index (κ3) is 5.91. The highest BCUT2D eigenvalue weighted by atomic mass is 16.5. The summed E-state index contributed by atoms with van der Waals surface area (Å²) < 4.78 is 7.71. The summed E-state index contributed by atoms with van der Waals surface area (Å²) in [6, 6.07) is 11.2. The van der Waals surface area contributed by atoms with E-state index in [2.05, 4.69) is 32.8 Å². The number of carbonyl (C=O) groups excluding carboxylic acids is 1. The number of nitrogens with one attached hydrogen (secondary N) is 2. The molecule has 38 heavy (non-hydrogen) atoms. The molecule has 10 heteroatoms. The van der Waals surface area contributed by atoms with Gasteiger partial charge in [-0.2, -0.15) is 5.10 Å². The van der Waals surface area contributed by atoms with Crippen molar-refractivity contribution in [3.63, 3.8) is 0 Å². The lowest BCUT2D eigenvalue weighted by Crippen LogP contribution is -2.20. The van der Waals surface area contributed by atoms with Gasteiger partial charge in [0.25, 0.3) is 0 Å². The number of carbonyl (C=O) groups is 2. The lowest BCUT2D eigenvalue weighted by atomic mass is 10.0. The Labute approximate surface area is 220 Å². The highest BCUT2D eigenvalue weighted by Gasteiger charge is 2.21. The van der Waals surface area contributed by atoms with Gasteiger partial charge in [0.05, 0.1) is 30.8 Å². The molecule has 5 rings (SSSR count). The number of anilines is 1. The first-order valence-electron chi connectivity index (χ1n) is 12.7. The molecular weight excluding hydrogens is 484 g/mol. The number of benzene rings is 1. The molecule has 1 atom stereocenters. The van der Waals surface area contributed by atoms with Crippen molar-refractivity contribution in [1.82, 2.24) is 25.1 Å². The van der Waals surface area contributed by atoms with E-state index in [0.29, 0.717) is 30.9 Å². The number of aryl methyl sites for hydroxylation is 1. The van der Waals surface area contributed by atoms with Gasteiger partial charge in [0.1, 0.15) is 11.6 Å². The van der Waals surface area contributed by atoms with E-state index in [0.717, 1.165) is 47.4 Å². The number of pyridine rings is 2. The Balaban J connectivity index is 1.31. The Bertz CT molecular complexity index is 1470. The quantitative estimate of drug-likeness (QED) is 0.293. The molecule has 0 saturated heterocycles. The molecular formula is C28H30N6O4. The number of carboxylic acids is 1. The standard InChI is InChI=1S/C28H30N6O4/c1-18(35)31-15-19-11-21(16-29-14-19)26(13-27(36)37)34-25-7-6-24(12-22(25)17-32-34)38-10-8-23-5-4-20-3-2-9-30-28(20)33-23/h4-7,11-12,14,16-17,26H,2-3,8-10,13,15H2,1H3,(H,30,33)(H,31,35)(H,36,37). The topological polar surface area (TPSA) is 131 Å². The van der Waals surface area contributed by atoms with E-state index in [1.807, 2.05) is 24.3 Å². The molecule has 1 unspecified atom stereocenters. The number of aliphatic carboxylic acids is 1. The lowest BCUT2D eigenvalue weighted by Gasteiger charge is -2.18. The number of rotatable bonds is 10. The molecule has 1 aliphatic heterocycles.